The van der Waals surface area contributed by atoms with Crippen molar-refractivity contribution in [1.82, 2.24) is 25.2 Å². The summed E-state index contributed by atoms with van der Waals surface area (Å²) >= 11 is 0. The summed E-state index contributed by atoms with van der Waals surface area (Å²) in [4.78, 5) is 4.39. The second kappa shape index (κ2) is 6.46. The van der Waals surface area contributed by atoms with Gasteiger partial charge in [0.2, 0.25) is 0 Å². The number of aromatic nitrogens is 5. The number of aliphatic hydroxyl groups is 1. The molecule has 4 aliphatic rings. The molecule has 6 nitrogen and oxygen atoms in total. The first-order chi connectivity index (χ1) is 14.5. The second-order valence-electron chi connectivity index (χ2n) is 10.6. The molecule has 0 spiro atoms. The molecule has 7 atom stereocenters. The number of pyridine rings is 1. The maximum absolute atomic E-state index is 10.5. The quantitative estimate of drug-likeness (QED) is 0.780. The zero-order valence-electron chi connectivity index (χ0n) is 17.9. The number of rotatable bonds is 1. The van der Waals surface area contributed by atoms with Crippen molar-refractivity contribution < 1.29 is 5.11 Å². The van der Waals surface area contributed by atoms with Gasteiger partial charge in [-0.15, -0.1) is 5.10 Å². The van der Waals surface area contributed by atoms with E-state index in [1.807, 2.05) is 12.4 Å². The Morgan fingerprint density at radius 3 is 2.90 bits per heavy atom. The molecule has 0 unspecified atom stereocenters. The maximum Gasteiger partial charge on any atom is 0.151 e. The molecule has 158 valence electrons. The lowest BCUT2D eigenvalue weighted by Gasteiger charge is -2.55. The van der Waals surface area contributed by atoms with E-state index < -0.39 is 0 Å². The van der Waals surface area contributed by atoms with Gasteiger partial charge >= 0.3 is 0 Å². The predicted molar refractivity (Wildman–Crippen MR) is 113 cm³/mol. The number of hydrogen-bond donors (Lipinski definition) is 1. The van der Waals surface area contributed by atoms with E-state index in [1.165, 1.54) is 24.0 Å². The van der Waals surface area contributed by atoms with Crippen LogP contribution in [0.5, 0.6) is 0 Å². The monoisotopic (exact) mass is 405 g/mol. The number of nitrogens with zero attached hydrogens (tertiary/aromatic N) is 5. The highest BCUT2D eigenvalue weighted by Gasteiger charge is 2.59. The third kappa shape index (κ3) is 2.46. The van der Waals surface area contributed by atoms with Gasteiger partial charge in [0, 0.05) is 18.8 Å². The van der Waals surface area contributed by atoms with Crippen molar-refractivity contribution in [3.05, 3.63) is 42.0 Å². The zero-order valence-corrected chi connectivity index (χ0v) is 17.9. The Labute approximate surface area is 177 Å². The van der Waals surface area contributed by atoms with Crippen molar-refractivity contribution in [2.24, 2.45) is 28.6 Å². The lowest BCUT2D eigenvalue weighted by molar-refractivity contribution is -0.0679. The topological polar surface area (TPSA) is 76.7 Å². The summed E-state index contributed by atoms with van der Waals surface area (Å²) in [7, 11) is 0. The molecule has 1 aliphatic heterocycles. The molecular weight excluding hydrogens is 374 g/mol. The summed E-state index contributed by atoms with van der Waals surface area (Å²) in [6, 6.07) is 4.47. The lowest BCUT2D eigenvalue weighted by atomic mass is 9.50. The van der Waals surface area contributed by atoms with E-state index in [4.69, 9.17) is 0 Å². The highest BCUT2D eigenvalue weighted by atomic mass is 16.3. The molecule has 0 amide bonds. The van der Waals surface area contributed by atoms with Crippen LogP contribution in [0.4, 0.5) is 0 Å². The fourth-order valence-corrected chi connectivity index (χ4v) is 7.83. The summed E-state index contributed by atoms with van der Waals surface area (Å²) in [6.07, 6.45) is 13.4. The van der Waals surface area contributed by atoms with Crippen LogP contribution in [0.2, 0.25) is 0 Å². The molecule has 0 saturated heterocycles. The van der Waals surface area contributed by atoms with Gasteiger partial charge in [0.05, 0.1) is 12.1 Å². The standard InChI is InChI=1S/C24H31N5O/c1-23-10-8-20-17(19(23)6-5-18(23)15-4-3-11-25-14-15)13-22-26-27-28-29(22)21-12-16(30)7-9-24(20,21)2/h3-5,11,14,16-17,19-21,30H,6-10,12-13H2,1-2H3/t16-,17-,19-,20-,21-,23+,24+/m0/s1. The smallest absolute Gasteiger partial charge is 0.151 e. The lowest BCUT2D eigenvalue weighted by Crippen LogP contribution is -2.49. The molecule has 0 bridgehead atoms. The molecular formula is C24H31N5O. The Hall–Kier alpha value is -2.08. The number of fused-ring (bicyclic) bond motifs is 7. The molecule has 6 heteroatoms. The van der Waals surface area contributed by atoms with Gasteiger partial charge in [0.1, 0.15) is 0 Å². The van der Waals surface area contributed by atoms with Gasteiger partial charge in [0.25, 0.3) is 0 Å². The molecule has 0 radical (unpaired) electrons. The third-order valence-electron chi connectivity index (χ3n) is 9.38. The van der Waals surface area contributed by atoms with Crippen molar-refractivity contribution in [3.8, 4) is 0 Å². The minimum absolute atomic E-state index is 0.142. The molecule has 2 aromatic rings. The van der Waals surface area contributed by atoms with Crippen molar-refractivity contribution in [2.45, 2.75) is 70.9 Å². The van der Waals surface area contributed by atoms with Crippen LogP contribution in [0.25, 0.3) is 5.57 Å². The van der Waals surface area contributed by atoms with E-state index in [9.17, 15) is 5.11 Å². The minimum Gasteiger partial charge on any atom is -0.393 e. The Morgan fingerprint density at radius 2 is 2.07 bits per heavy atom. The first-order valence-corrected chi connectivity index (χ1v) is 11.6. The highest BCUT2D eigenvalue weighted by Crippen LogP contribution is 2.65. The number of allylic oxidation sites excluding steroid dienone is 2. The molecule has 30 heavy (non-hydrogen) atoms. The van der Waals surface area contributed by atoms with Crippen LogP contribution in [0.15, 0.2) is 30.6 Å². The average molecular weight is 406 g/mol. The van der Waals surface area contributed by atoms with Crippen molar-refractivity contribution in [1.29, 1.82) is 0 Å². The van der Waals surface area contributed by atoms with E-state index in [-0.39, 0.29) is 23.0 Å². The summed E-state index contributed by atoms with van der Waals surface area (Å²) in [5, 5.41) is 23.4. The highest BCUT2D eigenvalue weighted by molar-refractivity contribution is 5.72. The fourth-order valence-electron chi connectivity index (χ4n) is 7.83. The fraction of sp³-hybridized carbons (Fsp3) is 0.667. The van der Waals surface area contributed by atoms with Crippen molar-refractivity contribution in [3.63, 3.8) is 0 Å². The number of aliphatic hydroxyl groups excluding tert-OH is 1. The summed E-state index contributed by atoms with van der Waals surface area (Å²) in [5.41, 5.74) is 3.10. The van der Waals surface area contributed by atoms with Gasteiger partial charge in [-0.25, -0.2) is 4.68 Å². The Balaban J connectivity index is 1.41. The van der Waals surface area contributed by atoms with E-state index in [0.29, 0.717) is 17.8 Å². The SMILES string of the molecule is C[C@]12CC[C@H](O)C[C@@H]1n1nnnc1C[C@@H]1[C@@H]2CC[C@]2(C)C(c3cccnc3)=CC[C@@H]12. The average Bonchev–Trinajstić information content (AvgIpc) is 3.32. The third-order valence-corrected chi connectivity index (χ3v) is 9.38. The molecule has 0 aromatic carbocycles. The van der Waals surface area contributed by atoms with Crippen LogP contribution < -0.4 is 0 Å². The maximum atomic E-state index is 10.5. The number of tetrazole rings is 1. The van der Waals surface area contributed by atoms with Gasteiger partial charge in [-0.3, -0.25) is 4.98 Å². The van der Waals surface area contributed by atoms with E-state index in [1.54, 1.807) is 0 Å². The molecule has 6 rings (SSSR count). The molecule has 2 saturated carbocycles. The van der Waals surface area contributed by atoms with Gasteiger partial charge in [-0.2, -0.15) is 0 Å². The van der Waals surface area contributed by atoms with E-state index >= 15 is 0 Å². The van der Waals surface area contributed by atoms with Crippen LogP contribution in [-0.2, 0) is 6.42 Å². The first-order valence-electron chi connectivity index (χ1n) is 11.6. The first kappa shape index (κ1) is 18.7. The van der Waals surface area contributed by atoms with Gasteiger partial charge < -0.3 is 5.11 Å². The van der Waals surface area contributed by atoms with E-state index in [0.717, 1.165) is 37.9 Å². The minimum atomic E-state index is -0.240. The van der Waals surface area contributed by atoms with Gasteiger partial charge in [-0.1, -0.05) is 26.0 Å². The summed E-state index contributed by atoms with van der Waals surface area (Å²) < 4.78 is 2.09. The van der Waals surface area contributed by atoms with Crippen LogP contribution in [-0.4, -0.2) is 36.4 Å². The molecule has 3 heterocycles. The Kier molecular flexibility index (Phi) is 4.02. The second-order valence-corrected chi connectivity index (χ2v) is 10.6. The zero-order chi connectivity index (χ0) is 20.5. The van der Waals surface area contributed by atoms with Gasteiger partial charge in [0.15, 0.2) is 5.82 Å². The molecule has 2 fully saturated rings. The van der Waals surface area contributed by atoms with Crippen LogP contribution >= 0.6 is 0 Å². The Bertz CT molecular complexity index is 986. The summed E-state index contributed by atoms with van der Waals surface area (Å²) in [6.45, 7) is 4.95. The van der Waals surface area contributed by atoms with Crippen LogP contribution in [0.3, 0.4) is 0 Å². The van der Waals surface area contributed by atoms with Crippen molar-refractivity contribution in [2.75, 3.05) is 0 Å². The van der Waals surface area contributed by atoms with Crippen molar-refractivity contribution >= 4 is 5.57 Å². The normalized spacial score (nSPS) is 42.4. The Morgan fingerprint density at radius 1 is 1.17 bits per heavy atom. The van der Waals surface area contributed by atoms with E-state index in [2.05, 4.69) is 57.2 Å². The van der Waals surface area contributed by atoms with Crippen LogP contribution in [0, 0.1) is 28.6 Å². The molecule has 2 aromatic heterocycles. The van der Waals surface area contributed by atoms with Crippen LogP contribution in [0.1, 0.15) is 69.8 Å². The predicted octanol–water partition coefficient (Wildman–Crippen LogP) is 3.85. The number of hydrogen-bond acceptors (Lipinski definition) is 5. The molecule has 3 aliphatic carbocycles. The molecule has 1 N–H and O–H groups in total. The summed E-state index contributed by atoms with van der Waals surface area (Å²) in [5.74, 6) is 2.84. The largest absolute Gasteiger partial charge is 0.393 e. The van der Waals surface area contributed by atoms with Gasteiger partial charge in [-0.05, 0) is 94.7 Å².